The quantitative estimate of drug-likeness (QED) is 0.710. The summed E-state index contributed by atoms with van der Waals surface area (Å²) in [5.74, 6) is -0.243. The number of hydrogen-bond donors (Lipinski definition) is 2. The lowest BCUT2D eigenvalue weighted by atomic mass is 10.2. The molecule has 122 valence electrons. The lowest BCUT2D eigenvalue weighted by Crippen LogP contribution is -2.14. The zero-order valence-electron chi connectivity index (χ0n) is 13.5. The Bertz CT molecular complexity index is 656. The highest BCUT2D eigenvalue weighted by atomic mass is 35.5. The van der Waals surface area contributed by atoms with E-state index in [-0.39, 0.29) is 5.91 Å². The van der Waals surface area contributed by atoms with Gasteiger partial charge in [0.15, 0.2) is 0 Å². The zero-order chi connectivity index (χ0) is 16.7. The molecule has 2 N–H and O–H groups in total. The van der Waals surface area contributed by atoms with Gasteiger partial charge in [-0.1, -0.05) is 37.4 Å². The molecule has 0 bridgehead atoms. The van der Waals surface area contributed by atoms with Crippen molar-refractivity contribution in [2.75, 3.05) is 17.2 Å². The van der Waals surface area contributed by atoms with Crippen LogP contribution in [0.25, 0.3) is 0 Å². The molecule has 0 atom stereocenters. The number of nitrogens with zero attached hydrogens (tertiary/aromatic N) is 1. The third kappa shape index (κ3) is 5.25. The van der Waals surface area contributed by atoms with Gasteiger partial charge in [0, 0.05) is 17.3 Å². The Hall–Kier alpha value is -2.07. The summed E-state index contributed by atoms with van der Waals surface area (Å²) in [7, 11) is 0. The normalized spacial score (nSPS) is 10.4. The summed E-state index contributed by atoms with van der Waals surface area (Å²) in [6, 6.07) is 8.99. The summed E-state index contributed by atoms with van der Waals surface area (Å²) >= 11 is 5.96. The number of aryl methyl sites for hydroxylation is 1. The van der Waals surface area contributed by atoms with Crippen molar-refractivity contribution in [3.05, 3.63) is 52.8 Å². The molecule has 5 heteroatoms. The van der Waals surface area contributed by atoms with Gasteiger partial charge in [-0.2, -0.15) is 0 Å². The maximum atomic E-state index is 12.3. The SMILES string of the molecule is CCCCCNc1ccc(C(=O)Nc2cc(Cl)ccc2C)nc1. The Morgan fingerprint density at radius 1 is 1.22 bits per heavy atom. The first-order valence-corrected chi connectivity index (χ1v) is 8.25. The predicted molar refractivity (Wildman–Crippen MR) is 96.4 cm³/mol. The first kappa shape index (κ1) is 17.3. The van der Waals surface area contributed by atoms with Crippen molar-refractivity contribution >= 4 is 28.9 Å². The van der Waals surface area contributed by atoms with E-state index in [1.165, 1.54) is 12.8 Å². The average Bonchev–Trinajstić information content (AvgIpc) is 2.55. The molecule has 2 aromatic rings. The highest BCUT2D eigenvalue weighted by Crippen LogP contribution is 2.20. The van der Waals surface area contributed by atoms with Crippen LogP contribution in [0.4, 0.5) is 11.4 Å². The number of anilines is 2. The Morgan fingerprint density at radius 3 is 2.74 bits per heavy atom. The van der Waals surface area contributed by atoms with Crippen LogP contribution in [-0.4, -0.2) is 17.4 Å². The lowest BCUT2D eigenvalue weighted by Gasteiger charge is -2.09. The Kier molecular flexibility index (Phi) is 6.41. The minimum absolute atomic E-state index is 0.243. The molecule has 4 nitrogen and oxygen atoms in total. The predicted octanol–water partition coefficient (Wildman–Crippen LogP) is 4.90. The van der Waals surface area contributed by atoms with Crippen LogP contribution >= 0.6 is 11.6 Å². The number of rotatable bonds is 7. The third-order valence-corrected chi connectivity index (χ3v) is 3.79. The van der Waals surface area contributed by atoms with Crippen molar-refractivity contribution in [2.45, 2.75) is 33.1 Å². The van der Waals surface area contributed by atoms with E-state index >= 15 is 0 Å². The van der Waals surface area contributed by atoms with Crippen LogP contribution in [-0.2, 0) is 0 Å². The van der Waals surface area contributed by atoms with Gasteiger partial charge in [-0.15, -0.1) is 0 Å². The van der Waals surface area contributed by atoms with Gasteiger partial charge in [-0.3, -0.25) is 4.79 Å². The number of carbonyl (C=O) groups excluding carboxylic acids is 1. The summed E-state index contributed by atoms with van der Waals surface area (Å²) in [4.78, 5) is 16.5. The maximum Gasteiger partial charge on any atom is 0.274 e. The second-order valence-corrected chi connectivity index (χ2v) is 5.92. The van der Waals surface area contributed by atoms with Crippen LogP contribution in [0, 0.1) is 6.92 Å². The number of halogens is 1. The van der Waals surface area contributed by atoms with Crippen molar-refractivity contribution in [1.82, 2.24) is 4.98 Å². The minimum atomic E-state index is -0.243. The van der Waals surface area contributed by atoms with E-state index in [4.69, 9.17) is 11.6 Å². The second-order valence-electron chi connectivity index (χ2n) is 5.48. The van der Waals surface area contributed by atoms with Gasteiger partial charge in [0.05, 0.1) is 11.9 Å². The van der Waals surface area contributed by atoms with E-state index in [1.54, 1.807) is 24.4 Å². The van der Waals surface area contributed by atoms with Crippen molar-refractivity contribution in [3.63, 3.8) is 0 Å². The Morgan fingerprint density at radius 2 is 2.04 bits per heavy atom. The van der Waals surface area contributed by atoms with Crippen molar-refractivity contribution in [1.29, 1.82) is 0 Å². The topological polar surface area (TPSA) is 54.0 Å². The molecule has 2 rings (SSSR count). The van der Waals surface area contributed by atoms with Crippen LogP contribution in [0.2, 0.25) is 5.02 Å². The molecule has 0 saturated carbocycles. The molecule has 0 radical (unpaired) electrons. The molecule has 0 saturated heterocycles. The van der Waals surface area contributed by atoms with E-state index in [2.05, 4.69) is 22.5 Å². The molecular weight excluding hydrogens is 310 g/mol. The summed E-state index contributed by atoms with van der Waals surface area (Å²) in [6.45, 7) is 5.02. The molecule has 0 unspecified atom stereocenters. The molecule has 0 aliphatic heterocycles. The molecular formula is C18H22ClN3O. The van der Waals surface area contributed by atoms with E-state index in [9.17, 15) is 4.79 Å². The molecule has 23 heavy (non-hydrogen) atoms. The number of nitrogens with one attached hydrogen (secondary N) is 2. The number of carbonyl (C=O) groups is 1. The fourth-order valence-electron chi connectivity index (χ4n) is 2.16. The lowest BCUT2D eigenvalue weighted by molar-refractivity contribution is 0.102. The Balaban J connectivity index is 1.96. The van der Waals surface area contributed by atoms with Gasteiger partial charge in [0.25, 0.3) is 5.91 Å². The highest BCUT2D eigenvalue weighted by molar-refractivity contribution is 6.31. The molecule has 0 aliphatic rings. The first-order valence-electron chi connectivity index (χ1n) is 7.87. The van der Waals surface area contributed by atoms with Crippen LogP contribution in [0.3, 0.4) is 0 Å². The van der Waals surface area contributed by atoms with Gasteiger partial charge in [0.2, 0.25) is 0 Å². The standard InChI is InChI=1S/C18H22ClN3O/c1-3-4-5-10-20-15-8-9-16(21-12-15)18(23)22-17-11-14(19)7-6-13(17)2/h6-9,11-12,20H,3-5,10H2,1-2H3,(H,22,23). The number of benzene rings is 1. The number of hydrogen-bond acceptors (Lipinski definition) is 3. The van der Waals surface area contributed by atoms with Gasteiger partial charge in [-0.05, 0) is 43.2 Å². The monoisotopic (exact) mass is 331 g/mol. The van der Waals surface area contributed by atoms with Gasteiger partial charge < -0.3 is 10.6 Å². The number of pyridine rings is 1. The summed E-state index contributed by atoms with van der Waals surface area (Å²) < 4.78 is 0. The van der Waals surface area contributed by atoms with Crippen molar-refractivity contribution in [2.24, 2.45) is 0 Å². The van der Waals surface area contributed by atoms with Crippen molar-refractivity contribution < 1.29 is 4.79 Å². The van der Waals surface area contributed by atoms with Crippen LogP contribution in [0.1, 0.15) is 42.2 Å². The van der Waals surface area contributed by atoms with Gasteiger partial charge in [0.1, 0.15) is 5.69 Å². The molecule has 1 aromatic heterocycles. The second kappa shape index (κ2) is 8.53. The fraction of sp³-hybridized carbons (Fsp3) is 0.333. The molecule has 1 heterocycles. The molecule has 0 spiro atoms. The fourth-order valence-corrected chi connectivity index (χ4v) is 2.33. The smallest absolute Gasteiger partial charge is 0.274 e. The minimum Gasteiger partial charge on any atom is -0.384 e. The van der Waals surface area contributed by atoms with Crippen LogP contribution < -0.4 is 10.6 Å². The van der Waals surface area contributed by atoms with E-state index in [0.717, 1.165) is 24.2 Å². The first-order chi connectivity index (χ1) is 11.1. The largest absolute Gasteiger partial charge is 0.384 e. The van der Waals surface area contributed by atoms with Crippen molar-refractivity contribution in [3.8, 4) is 0 Å². The third-order valence-electron chi connectivity index (χ3n) is 3.55. The average molecular weight is 332 g/mol. The number of unbranched alkanes of at least 4 members (excludes halogenated alkanes) is 2. The van der Waals surface area contributed by atoms with Gasteiger partial charge in [-0.25, -0.2) is 4.98 Å². The summed E-state index contributed by atoms with van der Waals surface area (Å²) in [6.07, 6.45) is 5.22. The summed E-state index contributed by atoms with van der Waals surface area (Å²) in [5, 5.41) is 6.73. The number of amides is 1. The van der Waals surface area contributed by atoms with E-state index in [0.29, 0.717) is 16.4 Å². The zero-order valence-corrected chi connectivity index (χ0v) is 14.3. The van der Waals surface area contributed by atoms with E-state index < -0.39 is 0 Å². The van der Waals surface area contributed by atoms with Gasteiger partial charge >= 0.3 is 0 Å². The number of aromatic nitrogens is 1. The van der Waals surface area contributed by atoms with Crippen LogP contribution in [0.5, 0.6) is 0 Å². The Labute approximate surface area is 142 Å². The molecule has 1 amide bonds. The molecule has 0 fully saturated rings. The van der Waals surface area contributed by atoms with Crippen LogP contribution in [0.15, 0.2) is 36.5 Å². The van der Waals surface area contributed by atoms with E-state index in [1.807, 2.05) is 19.1 Å². The highest BCUT2D eigenvalue weighted by Gasteiger charge is 2.09. The maximum absolute atomic E-state index is 12.3. The molecule has 1 aromatic carbocycles. The molecule has 0 aliphatic carbocycles. The summed E-state index contributed by atoms with van der Waals surface area (Å²) in [5.41, 5.74) is 2.96.